The number of imidazole rings is 1. The molecule has 0 aromatic carbocycles. The van der Waals surface area contributed by atoms with Crippen molar-refractivity contribution in [2.75, 3.05) is 0 Å². The Kier molecular flexibility index (Phi) is 3.94. The molecule has 3 rings (SSSR count). The molecule has 0 saturated carbocycles. The molecule has 0 unspecified atom stereocenters. The Morgan fingerprint density at radius 1 is 1.00 bits per heavy atom. The van der Waals surface area contributed by atoms with Gasteiger partial charge in [0, 0.05) is 34.9 Å². The normalized spacial score (nSPS) is 16.0. The van der Waals surface area contributed by atoms with E-state index in [1.54, 1.807) is 27.0 Å². The summed E-state index contributed by atoms with van der Waals surface area (Å²) in [7, 11) is 0. The highest BCUT2D eigenvalue weighted by Gasteiger charge is 2.27. The summed E-state index contributed by atoms with van der Waals surface area (Å²) in [6.45, 7) is 5.20. The van der Waals surface area contributed by atoms with Crippen molar-refractivity contribution in [2.45, 2.75) is 40.0 Å². The number of aromatic nitrogens is 3. The zero-order chi connectivity index (χ0) is 16.6. The van der Waals surface area contributed by atoms with Gasteiger partial charge < -0.3 is 4.98 Å². The summed E-state index contributed by atoms with van der Waals surface area (Å²) in [5.41, 5.74) is 3.99. The number of hydrogen-bond donors (Lipinski definition) is 1. The van der Waals surface area contributed by atoms with Crippen LogP contribution in [-0.4, -0.2) is 26.5 Å². The number of carbonyl (C=O) groups excluding carboxylic acids is 2. The standard InChI is InChI=1S/C18H19N3O2/c1-10-11(2)17(23)13(12(3)16(10)22)6-4-8-15-20-14-7-5-9-19-18(14)21-15/h5,7,9H,4,6,8H2,1-3H3,(H,19,20,21). The summed E-state index contributed by atoms with van der Waals surface area (Å²) < 4.78 is 0. The fraction of sp³-hybridized carbons (Fsp3) is 0.333. The molecular formula is C18H19N3O2. The molecule has 5 nitrogen and oxygen atoms in total. The minimum Gasteiger partial charge on any atom is -0.341 e. The molecule has 0 amide bonds. The first kappa shape index (κ1) is 15.3. The Balaban J connectivity index is 1.71. The SMILES string of the molecule is CC1=C(C)C(=O)C(CCCc2nc3ncccc3[nH]2)=C(C)C1=O. The van der Waals surface area contributed by atoms with Gasteiger partial charge in [-0.2, -0.15) is 0 Å². The molecule has 0 bridgehead atoms. The summed E-state index contributed by atoms with van der Waals surface area (Å²) in [5.74, 6) is 0.853. The van der Waals surface area contributed by atoms with E-state index in [1.807, 2.05) is 12.1 Å². The molecule has 0 radical (unpaired) electrons. The lowest BCUT2D eigenvalue weighted by atomic mass is 9.84. The van der Waals surface area contributed by atoms with Crippen molar-refractivity contribution in [3.05, 3.63) is 46.4 Å². The number of aromatic amines is 1. The fourth-order valence-corrected chi connectivity index (χ4v) is 2.90. The first-order chi connectivity index (χ1) is 11.0. The largest absolute Gasteiger partial charge is 0.341 e. The molecule has 2 aromatic rings. The lowest BCUT2D eigenvalue weighted by Crippen LogP contribution is -2.20. The number of aryl methyl sites for hydroxylation is 1. The predicted octanol–water partition coefficient (Wildman–Crippen LogP) is 3.09. The number of rotatable bonds is 4. The second-order valence-corrected chi connectivity index (χ2v) is 5.92. The van der Waals surface area contributed by atoms with Crippen molar-refractivity contribution in [3.8, 4) is 0 Å². The highest BCUT2D eigenvalue weighted by atomic mass is 16.1. The van der Waals surface area contributed by atoms with Crippen LogP contribution in [0.4, 0.5) is 0 Å². The fourth-order valence-electron chi connectivity index (χ4n) is 2.90. The van der Waals surface area contributed by atoms with Crippen molar-refractivity contribution in [3.63, 3.8) is 0 Å². The van der Waals surface area contributed by atoms with Crippen molar-refractivity contribution < 1.29 is 9.59 Å². The van der Waals surface area contributed by atoms with Gasteiger partial charge in [-0.25, -0.2) is 9.97 Å². The van der Waals surface area contributed by atoms with E-state index < -0.39 is 0 Å². The first-order valence-electron chi connectivity index (χ1n) is 7.75. The molecule has 118 valence electrons. The third-order valence-electron chi connectivity index (χ3n) is 4.46. The van der Waals surface area contributed by atoms with Crippen LogP contribution >= 0.6 is 0 Å². The van der Waals surface area contributed by atoms with Crippen LogP contribution in [0.25, 0.3) is 11.2 Å². The molecule has 0 spiro atoms. The quantitative estimate of drug-likeness (QED) is 0.881. The predicted molar refractivity (Wildman–Crippen MR) is 87.9 cm³/mol. The van der Waals surface area contributed by atoms with E-state index >= 15 is 0 Å². The number of hydrogen-bond acceptors (Lipinski definition) is 4. The van der Waals surface area contributed by atoms with E-state index in [9.17, 15) is 9.59 Å². The minimum absolute atomic E-state index is 0.00544. The van der Waals surface area contributed by atoms with Gasteiger partial charge in [0.05, 0.1) is 5.52 Å². The summed E-state index contributed by atoms with van der Waals surface area (Å²) in [4.78, 5) is 36.4. The Bertz CT molecular complexity index is 838. The van der Waals surface area contributed by atoms with Gasteiger partial charge in [-0.15, -0.1) is 0 Å². The molecule has 1 aliphatic rings. The van der Waals surface area contributed by atoms with Gasteiger partial charge in [0.2, 0.25) is 0 Å². The van der Waals surface area contributed by atoms with Gasteiger partial charge in [0.15, 0.2) is 17.2 Å². The van der Waals surface area contributed by atoms with Crippen molar-refractivity contribution in [1.82, 2.24) is 15.0 Å². The number of allylic oxidation sites excluding steroid dienone is 4. The molecule has 2 heterocycles. The highest BCUT2D eigenvalue weighted by Crippen LogP contribution is 2.27. The van der Waals surface area contributed by atoms with E-state index in [4.69, 9.17) is 0 Å². The van der Waals surface area contributed by atoms with Gasteiger partial charge in [0.25, 0.3) is 0 Å². The lowest BCUT2D eigenvalue weighted by Gasteiger charge is -2.18. The number of pyridine rings is 1. The first-order valence-corrected chi connectivity index (χ1v) is 7.75. The van der Waals surface area contributed by atoms with Crippen LogP contribution in [0.2, 0.25) is 0 Å². The highest BCUT2D eigenvalue weighted by molar-refractivity contribution is 6.24. The molecule has 1 N–H and O–H groups in total. The molecule has 0 fully saturated rings. The van der Waals surface area contributed by atoms with E-state index in [1.165, 1.54) is 0 Å². The van der Waals surface area contributed by atoms with Crippen molar-refractivity contribution in [2.24, 2.45) is 0 Å². The van der Waals surface area contributed by atoms with Gasteiger partial charge in [-0.05, 0) is 45.7 Å². The van der Waals surface area contributed by atoms with Crippen LogP contribution in [0.1, 0.15) is 39.4 Å². The monoisotopic (exact) mass is 309 g/mol. The molecule has 2 aromatic heterocycles. The van der Waals surface area contributed by atoms with Crippen molar-refractivity contribution >= 4 is 22.7 Å². The minimum atomic E-state index is -0.00922. The third-order valence-corrected chi connectivity index (χ3v) is 4.46. The summed E-state index contributed by atoms with van der Waals surface area (Å²) >= 11 is 0. The number of fused-ring (bicyclic) bond motifs is 1. The lowest BCUT2D eigenvalue weighted by molar-refractivity contribution is -0.116. The topological polar surface area (TPSA) is 75.7 Å². The van der Waals surface area contributed by atoms with Crippen molar-refractivity contribution in [1.29, 1.82) is 0 Å². The van der Waals surface area contributed by atoms with Crippen LogP contribution < -0.4 is 0 Å². The average Bonchev–Trinajstić information content (AvgIpc) is 2.97. The Labute approximate surface area is 134 Å². The molecular weight excluding hydrogens is 290 g/mol. The summed E-state index contributed by atoms with van der Waals surface area (Å²) in [6.07, 6.45) is 3.78. The number of nitrogens with one attached hydrogen (secondary N) is 1. The van der Waals surface area contributed by atoms with Crippen LogP contribution in [0.3, 0.4) is 0 Å². The van der Waals surface area contributed by atoms with Crippen LogP contribution in [0.15, 0.2) is 40.6 Å². The number of ketones is 2. The number of Topliss-reactive ketones (excluding diaryl/α,β-unsaturated/α-hetero) is 2. The van der Waals surface area contributed by atoms with Crippen LogP contribution in [0.5, 0.6) is 0 Å². The molecule has 0 atom stereocenters. The maximum absolute atomic E-state index is 12.4. The molecule has 0 aliphatic heterocycles. The maximum Gasteiger partial charge on any atom is 0.185 e. The van der Waals surface area contributed by atoms with E-state index in [2.05, 4.69) is 15.0 Å². The second-order valence-electron chi connectivity index (χ2n) is 5.92. The van der Waals surface area contributed by atoms with Crippen LogP contribution in [0, 0.1) is 0 Å². The van der Waals surface area contributed by atoms with E-state index in [0.717, 1.165) is 24.2 Å². The summed E-state index contributed by atoms with van der Waals surface area (Å²) in [6, 6.07) is 3.80. The number of H-pyrrole nitrogens is 1. The summed E-state index contributed by atoms with van der Waals surface area (Å²) in [5, 5.41) is 0. The molecule has 5 heteroatoms. The molecule has 23 heavy (non-hydrogen) atoms. The van der Waals surface area contributed by atoms with Gasteiger partial charge >= 0.3 is 0 Å². The van der Waals surface area contributed by atoms with Gasteiger partial charge in [-0.1, -0.05) is 0 Å². The zero-order valence-electron chi connectivity index (χ0n) is 13.6. The number of nitrogens with zero attached hydrogens (tertiary/aromatic N) is 2. The molecule has 0 saturated heterocycles. The van der Waals surface area contributed by atoms with Crippen LogP contribution in [-0.2, 0) is 16.0 Å². The number of carbonyl (C=O) groups is 2. The molecule has 1 aliphatic carbocycles. The van der Waals surface area contributed by atoms with Gasteiger partial charge in [-0.3, -0.25) is 9.59 Å². The smallest absolute Gasteiger partial charge is 0.185 e. The van der Waals surface area contributed by atoms with Gasteiger partial charge in [0.1, 0.15) is 5.82 Å². The average molecular weight is 309 g/mol. The Hall–Kier alpha value is -2.56. The Morgan fingerprint density at radius 3 is 2.48 bits per heavy atom. The Morgan fingerprint density at radius 2 is 1.74 bits per heavy atom. The zero-order valence-corrected chi connectivity index (χ0v) is 13.6. The maximum atomic E-state index is 12.4. The third kappa shape index (κ3) is 2.74. The van der Waals surface area contributed by atoms with E-state index in [0.29, 0.717) is 34.4 Å². The van der Waals surface area contributed by atoms with E-state index in [-0.39, 0.29) is 11.6 Å². The second kappa shape index (κ2) is 5.91.